The largest absolute Gasteiger partial charge is 0.380 e. The molecule has 0 saturated heterocycles. The van der Waals surface area contributed by atoms with Gasteiger partial charge in [-0.05, 0) is 38.0 Å². The molecule has 22 heavy (non-hydrogen) atoms. The van der Waals surface area contributed by atoms with Crippen molar-refractivity contribution in [2.75, 3.05) is 12.4 Å². The molecule has 0 saturated carbocycles. The topological polar surface area (TPSA) is 64.4 Å². The van der Waals surface area contributed by atoms with Crippen LogP contribution in [0.5, 0.6) is 0 Å². The van der Waals surface area contributed by atoms with E-state index < -0.39 is 0 Å². The van der Waals surface area contributed by atoms with Crippen molar-refractivity contribution in [2.45, 2.75) is 39.7 Å². The van der Waals surface area contributed by atoms with Crippen LogP contribution in [0, 0.1) is 13.8 Å². The van der Waals surface area contributed by atoms with Crippen molar-refractivity contribution in [3.05, 3.63) is 46.8 Å². The molecule has 2 rings (SSSR count). The van der Waals surface area contributed by atoms with Crippen molar-refractivity contribution in [2.24, 2.45) is 0 Å². The Morgan fingerprint density at radius 3 is 2.77 bits per heavy atom. The lowest BCUT2D eigenvalue weighted by molar-refractivity contribution is -0.117. The molecule has 1 atom stereocenters. The number of anilines is 1. The SMILES string of the molecule is CC[C@@H](C(=O)Nc1cccc(COC)c1)c1c(C)noc1C. The van der Waals surface area contributed by atoms with Crippen LogP contribution >= 0.6 is 0 Å². The number of methoxy groups -OCH3 is 1. The monoisotopic (exact) mass is 302 g/mol. The highest BCUT2D eigenvalue weighted by Crippen LogP contribution is 2.27. The summed E-state index contributed by atoms with van der Waals surface area (Å²) in [6.07, 6.45) is 0.687. The lowest BCUT2D eigenvalue weighted by Crippen LogP contribution is -2.21. The van der Waals surface area contributed by atoms with Gasteiger partial charge in [0.05, 0.1) is 18.2 Å². The Morgan fingerprint density at radius 2 is 2.18 bits per heavy atom. The van der Waals surface area contributed by atoms with Gasteiger partial charge in [-0.1, -0.05) is 24.2 Å². The molecule has 118 valence electrons. The van der Waals surface area contributed by atoms with Gasteiger partial charge in [0, 0.05) is 18.4 Å². The van der Waals surface area contributed by atoms with E-state index in [9.17, 15) is 4.79 Å². The number of hydrogen-bond donors (Lipinski definition) is 1. The number of hydrogen-bond acceptors (Lipinski definition) is 4. The highest BCUT2D eigenvalue weighted by atomic mass is 16.5. The van der Waals surface area contributed by atoms with E-state index in [-0.39, 0.29) is 11.8 Å². The Bertz CT molecular complexity index is 630. The normalized spacial score (nSPS) is 12.2. The van der Waals surface area contributed by atoms with Gasteiger partial charge >= 0.3 is 0 Å². The Morgan fingerprint density at radius 1 is 1.41 bits per heavy atom. The smallest absolute Gasteiger partial charge is 0.232 e. The first-order valence-electron chi connectivity index (χ1n) is 7.38. The van der Waals surface area contributed by atoms with Gasteiger partial charge in [-0.3, -0.25) is 4.79 Å². The number of rotatable bonds is 6. The fraction of sp³-hybridized carbons (Fsp3) is 0.412. The van der Waals surface area contributed by atoms with Gasteiger partial charge in [0.25, 0.3) is 0 Å². The number of aryl methyl sites for hydroxylation is 2. The molecule has 0 spiro atoms. The maximum Gasteiger partial charge on any atom is 0.232 e. The Hall–Kier alpha value is -2.14. The fourth-order valence-electron chi connectivity index (χ4n) is 2.64. The zero-order valence-electron chi connectivity index (χ0n) is 13.5. The minimum Gasteiger partial charge on any atom is -0.380 e. The van der Waals surface area contributed by atoms with Crippen LogP contribution < -0.4 is 5.32 Å². The second-order valence-corrected chi connectivity index (χ2v) is 5.32. The number of ether oxygens (including phenoxy) is 1. The van der Waals surface area contributed by atoms with Gasteiger partial charge < -0.3 is 14.6 Å². The summed E-state index contributed by atoms with van der Waals surface area (Å²) in [6, 6.07) is 7.66. The number of nitrogens with one attached hydrogen (secondary N) is 1. The second kappa shape index (κ2) is 7.22. The van der Waals surface area contributed by atoms with Gasteiger partial charge in [0.1, 0.15) is 5.76 Å². The Balaban J connectivity index is 2.18. The fourth-order valence-corrected chi connectivity index (χ4v) is 2.64. The highest BCUT2D eigenvalue weighted by Gasteiger charge is 2.25. The van der Waals surface area contributed by atoms with Crippen molar-refractivity contribution in [1.82, 2.24) is 5.16 Å². The third-order valence-electron chi connectivity index (χ3n) is 3.67. The van der Waals surface area contributed by atoms with E-state index in [1.165, 1.54) is 0 Å². The summed E-state index contributed by atoms with van der Waals surface area (Å²) in [4.78, 5) is 12.6. The van der Waals surface area contributed by atoms with Crippen molar-refractivity contribution >= 4 is 11.6 Å². The Kier molecular flexibility index (Phi) is 5.33. The van der Waals surface area contributed by atoms with Crippen LogP contribution in [0.15, 0.2) is 28.8 Å². The molecule has 2 aromatic rings. The molecule has 5 nitrogen and oxygen atoms in total. The maximum absolute atomic E-state index is 12.6. The van der Waals surface area contributed by atoms with Crippen LogP contribution in [0.4, 0.5) is 5.69 Å². The van der Waals surface area contributed by atoms with E-state index in [0.717, 1.165) is 22.5 Å². The van der Waals surface area contributed by atoms with E-state index in [1.807, 2.05) is 45.0 Å². The molecule has 0 unspecified atom stereocenters. The number of aromatic nitrogens is 1. The Labute approximate surface area is 130 Å². The predicted molar refractivity (Wildman–Crippen MR) is 84.8 cm³/mol. The molecule has 1 heterocycles. The first kappa shape index (κ1) is 16.2. The molecule has 0 radical (unpaired) electrons. The first-order chi connectivity index (χ1) is 10.6. The van der Waals surface area contributed by atoms with Crippen molar-refractivity contribution in [1.29, 1.82) is 0 Å². The highest BCUT2D eigenvalue weighted by molar-refractivity contribution is 5.96. The quantitative estimate of drug-likeness (QED) is 0.886. The van der Waals surface area contributed by atoms with Crippen LogP contribution in [-0.2, 0) is 16.1 Å². The van der Waals surface area contributed by atoms with Crippen molar-refractivity contribution < 1.29 is 14.1 Å². The molecule has 1 aromatic heterocycles. The molecule has 1 aromatic carbocycles. The second-order valence-electron chi connectivity index (χ2n) is 5.32. The lowest BCUT2D eigenvalue weighted by Gasteiger charge is -2.15. The number of carbonyl (C=O) groups is 1. The minimum absolute atomic E-state index is 0.0496. The summed E-state index contributed by atoms with van der Waals surface area (Å²) < 4.78 is 10.3. The number of carbonyl (C=O) groups excluding carboxylic acids is 1. The maximum atomic E-state index is 12.6. The molecular weight excluding hydrogens is 280 g/mol. The molecule has 1 N–H and O–H groups in total. The van der Waals surface area contributed by atoms with Crippen LogP contribution in [0.2, 0.25) is 0 Å². The molecule has 1 amide bonds. The zero-order chi connectivity index (χ0) is 16.1. The van der Waals surface area contributed by atoms with Crippen molar-refractivity contribution in [3.8, 4) is 0 Å². The minimum atomic E-state index is -0.266. The van der Waals surface area contributed by atoms with E-state index in [1.54, 1.807) is 7.11 Å². The number of nitrogens with zero attached hydrogens (tertiary/aromatic N) is 1. The summed E-state index contributed by atoms with van der Waals surface area (Å²) in [7, 11) is 1.65. The summed E-state index contributed by atoms with van der Waals surface area (Å²) >= 11 is 0. The van der Waals surface area contributed by atoms with Crippen LogP contribution in [0.3, 0.4) is 0 Å². The van der Waals surface area contributed by atoms with Gasteiger partial charge in [-0.25, -0.2) is 0 Å². The molecular formula is C17H22N2O3. The van der Waals surface area contributed by atoms with Gasteiger partial charge in [0.2, 0.25) is 5.91 Å². The van der Waals surface area contributed by atoms with E-state index in [4.69, 9.17) is 9.26 Å². The summed E-state index contributed by atoms with van der Waals surface area (Å²) in [6.45, 7) is 6.20. The van der Waals surface area contributed by atoms with Gasteiger partial charge in [0.15, 0.2) is 0 Å². The molecule has 0 aliphatic heterocycles. The summed E-state index contributed by atoms with van der Waals surface area (Å²) in [5, 5.41) is 6.91. The third-order valence-corrected chi connectivity index (χ3v) is 3.67. The van der Waals surface area contributed by atoms with Crippen LogP contribution in [-0.4, -0.2) is 18.2 Å². The van der Waals surface area contributed by atoms with E-state index in [0.29, 0.717) is 18.8 Å². The first-order valence-corrected chi connectivity index (χ1v) is 7.38. The molecule has 0 bridgehead atoms. The number of benzene rings is 1. The number of amides is 1. The van der Waals surface area contributed by atoms with Crippen LogP contribution in [0.1, 0.15) is 41.8 Å². The van der Waals surface area contributed by atoms with E-state index >= 15 is 0 Å². The zero-order valence-corrected chi connectivity index (χ0v) is 13.5. The average Bonchev–Trinajstić information content (AvgIpc) is 2.81. The third kappa shape index (κ3) is 3.54. The molecule has 0 aliphatic rings. The standard InChI is InChI=1S/C17H22N2O3/c1-5-15(16-11(2)19-22-12(16)3)17(20)18-14-8-6-7-13(9-14)10-21-4/h6-9,15H,5,10H2,1-4H3,(H,18,20)/t15-/m1/s1. The van der Waals surface area contributed by atoms with E-state index in [2.05, 4.69) is 10.5 Å². The average molecular weight is 302 g/mol. The molecule has 0 aliphatic carbocycles. The summed E-state index contributed by atoms with van der Waals surface area (Å²) in [5.74, 6) is 0.386. The molecule has 0 fully saturated rings. The van der Waals surface area contributed by atoms with Gasteiger partial charge in [-0.15, -0.1) is 0 Å². The molecule has 5 heteroatoms. The lowest BCUT2D eigenvalue weighted by atomic mass is 9.94. The van der Waals surface area contributed by atoms with Crippen molar-refractivity contribution in [3.63, 3.8) is 0 Å². The summed E-state index contributed by atoms with van der Waals surface area (Å²) in [5.41, 5.74) is 3.44. The van der Waals surface area contributed by atoms with Crippen LogP contribution in [0.25, 0.3) is 0 Å². The predicted octanol–water partition coefficient (Wildman–Crippen LogP) is 3.57. The van der Waals surface area contributed by atoms with Gasteiger partial charge in [-0.2, -0.15) is 0 Å².